The van der Waals surface area contributed by atoms with Gasteiger partial charge in [0.2, 0.25) is 0 Å². The molecule has 122 valence electrons. The van der Waals surface area contributed by atoms with E-state index in [4.69, 9.17) is 4.74 Å². The molecule has 0 spiro atoms. The summed E-state index contributed by atoms with van der Waals surface area (Å²) < 4.78 is 8.72. The first-order valence-electron chi connectivity index (χ1n) is 7.41. The van der Waals surface area contributed by atoms with Crippen LogP contribution < -0.4 is 4.74 Å². The van der Waals surface area contributed by atoms with Gasteiger partial charge in [-0.2, -0.15) is 5.10 Å². The smallest absolute Gasteiger partial charge is 0.308 e. The van der Waals surface area contributed by atoms with E-state index in [2.05, 4.69) is 25.9 Å². The zero-order chi connectivity index (χ0) is 17.1. The largest absolute Gasteiger partial charge is 0.427 e. The van der Waals surface area contributed by atoms with Crippen LogP contribution in [0.3, 0.4) is 0 Å². The van der Waals surface area contributed by atoms with E-state index in [0.29, 0.717) is 5.75 Å². The van der Waals surface area contributed by atoms with Gasteiger partial charge in [0.05, 0.1) is 6.21 Å². The second-order valence-corrected chi connectivity index (χ2v) is 5.34. The molecule has 24 heavy (non-hydrogen) atoms. The van der Waals surface area contributed by atoms with E-state index in [1.165, 1.54) is 19.6 Å². The van der Waals surface area contributed by atoms with E-state index >= 15 is 0 Å². The maximum Gasteiger partial charge on any atom is 0.308 e. The SMILES string of the molecule is CC(=O)Oc1ccc(-n2c(C)cc(/C=N\n3cnnc3)c2C)cc1. The van der Waals surface area contributed by atoms with Crippen molar-refractivity contribution in [3.8, 4) is 11.4 Å². The highest BCUT2D eigenvalue weighted by atomic mass is 16.5. The number of ether oxygens (including phenoxy) is 1. The fourth-order valence-corrected chi connectivity index (χ4v) is 2.53. The second kappa shape index (κ2) is 6.49. The van der Waals surface area contributed by atoms with Crippen molar-refractivity contribution in [2.75, 3.05) is 0 Å². The Morgan fingerprint density at radius 2 is 1.83 bits per heavy atom. The predicted molar refractivity (Wildman–Crippen MR) is 89.6 cm³/mol. The summed E-state index contributed by atoms with van der Waals surface area (Å²) in [6.45, 7) is 5.44. The van der Waals surface area contributed by atoms with Crippen LogP contribution in [0.5, 0.6) is 5.75 Å². The second-order valence-electron chi connectivity index (χ2n) is 5.34. The first-order chi connectivity index (χ1) is 11.5. The monoisotopic (exact) mass is 323 g/mol. The minimum absolute atomic E-state index is 0.330. The number of hydrogen-bond donors (Lipinski definition) is 0. The van der Waals surface area contributed by atoms with Crippen LogP contribution in [-0.4, -0.2) is 31.6 Å². The lowest BCUT2D eigenvalue weighted by Gasteiger charge is -2.10. The van der Waals surface area contributed by atoms with Gasteiger partial charge in [-0.1, -0.05) is 0 Å². The van der Waals surface area contributed by atoms with Gasteiger partial charge >= 0.3 is 5.97 Å². The molecule has 3 aromatic rings. The Labute approximate surface area is 139 Å². The van der Waals surface area contributed by atoms with Crippen LogP contribution in [0.1, 0.15) is 23.9 Å². The molecule has 2 aromatic heterocycles. The van der Waals surface area contributed by atoms with Crippen molar-refractivity contribution >= 4 is 12.2 Å². The highest BCUT2D eigenvalue weighted by molar-refractivity contribution is 5.82. The van der Waals surface area contributed by atoms with Crippen molar-refractivity contribution in [2.45, 2.75) is 20.8 Å². The Balaban J connectivity index is 1.90. The van der Waals surface area contributed by atoms with E-state index in [1.54, 1.807) is 23.0 Å². The van der Waals surface area contributed by atoms with Crippen molar-refractivity contribution in [1.29, 1.82) is 0 Å². The molecule has 7 heteroatoms. The zero-order valence-electron chi connectivity index (χ0n) is 13.7. The quantitative estimate of drug-likeness (QED) is 0.420. The molecule has 0 atom stereocenters. The van der Waals surface area contributed by atoms with Crippen LogP contribution in [0.15, 0.2) is 48.1 Å². The van der Waals surface area contributed by atoms with Gasteiger partial charge in [-0.05, 0) is 44.2 Å². The number of carbonyl (C=O) groups is 1. The molecule has 0 N–H and O–H groups in total. The molecule has 0 aliphatic rings. The van der Waals surface area contributed by atoms with Crippen molar-refractivity contribution in [3.05, 3.63) is 59.9 Å². The van der Waals surface area contributed by atoms with Crippen LogP contribution in [0.25, 0.3) is 5.69 Å². The fraction of sp³-hybridized carbons (Fsp3) is 0.176. The molecule has 0 radical (unpaired) electrons. The summed E-state index contributed by atoms with van der Waals surface area (Å²) >= 11 is 0. The average Bonchev–Trinajstić information content (AvgIpc) is 3.14. The molecular weight excluding hydrogens is 306 g/mol. The molecule has 0 amide bonds. The number of nitrogens with zero attached hydrogens (tertiary/aromatic N) is 5. The van der Waals surface area contributed by atoms with Crippen molar-refractivity contribution in [3.63, 3.8) is 0 Å². The van der Waals surface area contributed by atoms with Gasteiger partial charge < -0.3 is 9.30 Å². The number of benzene rings is 1. The summed E-state index contributed by atoms with van der Waals surface area (Å²) in [5, 5.41) is 11.7. The van der Waals surface area contributed by atoms with Crippen molar-refractivity contribution in [1.82, 2.24) is 19.4 Å². The Hall–Kier alpha value is -3.22. The number of carbonyl (C=O) groups excluding carboxylic acids is 1. The summed E-state index contributed by atoms with van der Waals surface area (Å²) in [6, 6.07) is 9.45. The molecule has 0 aliphatic heterocycles. The highest BCUT2D eigenvalue weighted by Crippen LogP contribution is 2.22. The molecule has 3 rings (SSSR count). The first kappa shape index (κ1) is 15.7. The molecule has 0 unspecified atom stereocenters. The standard InChI is InChI=1S/C17H17N5O2/c1-12-8-15(9-20-21-10-18-19-11-21)13(2)22(12)16-4-6-17(7-5-16)24-14(3)23/h4-11H,1-3H3/b20-9-. The van der Waals surface area contributed by atoms with E-state index in [-0.39, 0.29) is 5.97 Å². The molecule has 2 heterocycles. The number of aryl methyl sites for hydroxylation is 1. The Morgan fingerprint density at radius 3 is 2.46 bits per heavy atom. The lowest BCUT2D eigenvalue weighted by molar-refractivity contribution is -0.131. The number of rotatable bonds is 4. The van der Waals surface area contributed by atoms with Crippen LogP contribution in [-0.2, 0) is 4.79 Å². The molecule has 0 aliphatic carbocycles. The van der Waals surface area contributed by atoms with Gasteiger partial charge in [-0.15, -0.1) is 10.2 Å². The van der Waals surface area contributed by atoms with Gasteiger partial charge in [0.15, 0.2) is 0 Å². The normalized spacial score (nSPS) is 11.1. The van der Waals surface area contributed by atoms with E-state index in [1.807, 2.05) is 26.0 Å². The minimum atomic E-state index is -0.330. The molecular formula is C17H17N5O2. The van der Waals surface area contributed by atoms with E-state index in [0.717, 1.165) is 22.6 Å². The van der Waals surface area contributed by atoms with Crippen LogP contribution in [0.4, 0.5) is 0 Å². The maximum atomic E-state index is 11.0. The molecule has 0 saturated carbocycles. The van der Waals surface area contributed by atoms with Gasteiger partial charge in [-0.25, -0.2) is 4.68 Å². The zero-order valence-corrected chi connectivity index (χ0v) is 13.7. The van der Waals surface area contributed by atoms with Gasteiger partial charge in [-0.3, -0.25) is 4.79 Å². The summed E-state index contributed by atoms with van der Waals surface area (Å²) in [6.07, 6.45) is 4.84. The third-order valence-electron chi connectivity index (χ3n) is 3.56. The topological polar surface area (TPSA) is 74.3 Å². The van der Waals surface area contributed by atoms with Crippen LogP contribution >= 0.6 is 0 Å². The molecule has 0 fully saturated rings. The summed E-state index contributed by atoms with van der Waals surface area (Å²) in [5.41, 5.74) is 4.14. The van der Waals surface area contributed by atoms with E-state index < -0.39 is 0 Å². The number of hydrogen-bond acceptors (Lipinski definition) is 5. The summed E-state index contributed by atoms with van der Waals surface area (Å²) in [5.74, 6) is 0.201. The molecule has 7 nitrogen and oxygen atoms in total. The highest BCUT2D eigenvalue weighted by Gasteiger charge is 2.10. The third-order valence-corrected chi connectivity index (χ3v) is 3.56. The fourth-order valence-electron chi connectivity index (χ4n) is 2.53. The van der Waals surface area contributed by atoms with Crippen molar-refractivity contribution in [2.24, 2.45) is 5.10 Å². The minimum Gasteiger partial charge on any atom is -0.427 e. The summed E-state index contributed by atoms with van der Waals surface area (Å²) in [4.78, 5) is 11.0. The third kappa shape index (κ3) is 3.24. The molecule has 0 saturated heterocycles. The van der Waals surface area contributed by atoms with Crippen molar-refractivity contribution < 1.29 is 9.53 Å². The van der Waals surface area contributed by atoms with Gasteiger partial charge in [0.25, 0.3) is 0 Å². The van der Waals surface area contributed by atoms with Gasteiger partial charge in [0.1, 0.15) is 18.4 Å². The Bertz CT molecular complexity index is 877. The molecule has 0 bridgehead atoms. The van der Waals surface area contributed by atoms with Crippen LogP contribution in [0.2, 0.25) is 0 Å². The summed E-state index contributed by atoms with van der Waals surface area (Å²) in [7, 11) is 0. The van der Waals surface area contributed by atoms with Crippen LogP contribution in [0, 0.1) is 13.8 Å². The Morgan fingerprint density at radius 1 is 1.17 bits per heavy atom. The number of aromatic nitrogens is 4. The van der Waals surface area contributed by atoms with Gasteiger partial charge in [0, 0.05) is 29.6 Å². The number of esters is 1. The lowest BCUT2D eigenvalue weighted by Crippen LogP contribution is -2.03. The first-order valence-corrected chi connectivity index (χ1v) is 7.41. The maximum absolute atomic E-state index is 11.0. The lowest BCUT2D eigenvalue weighted by atomic mass is 10.2. The van der Waals surface area contributed by atoms with E-state index in [9.17, 15) is 4.79 Å². The average molecular weight is 323 g/mol. The molecule has 1 aromatic carbocycles. The Kier molecular flexibility index (Phi) is 4.24. The predicted octanol–water partition coefficient (Wildman–Crippen LogP) is 2.49.